The summed E-state index contributed by atoms with van der Waals surface area (Å²) < 4.78 is 1.70. The second-order valence-corrected chi connectivity index (χ2v) is 5.62. The average Bonchev–Trinajstić information content (AvgIpc) is 2.74. The summed E-state index contributed by atoms with van der Waals surface area (Å²) in [4.78, 5) is 25.2. The summed E-state index contributed by atoms with van der Waals surface area (Å²) in [5.41, 5.74) is 7.02. The van der Waals surface area contributed by atoms with Crippen LogP contribution in [0.3, 0.4) is 0 Å². The third kappa shape index (κ3) is 3.43. The number of aliphatic carboxylic acids is 1. The van der Waals surface area contributed by atoms with Gasteiger partial charge in [0.25, 0.3) is 0 Å². The number of nitrogens with zero attached hydrogens (tertiary/aromatic N) is 1. The molecule has 108 valence electrons. The minimum Gasteiger partial charge on any atom is -0.480 e. The Morgan fingerprint density at radius 1 is 1.45 bits per heavy atom. The van der Waals surface area contributed by atoms with Crippen LogP contribution in [0.1, 0.15) is 6.42 Å². The zero-order valence-electron chi connectivity index (χ0n) is 10.9. The number of thioether (sulfide) groups is 1. The minimum atomic E-state index is -0.981. The first kappa shape index (κ1) is 14.7. The predicted octanol–water partition coefficient (Wildman–Crippen LogP) is 0.865. The number of imidazole rings is 1. The fourth-order valence-corrected chi connectivity index (χ4v) is 2.83. The Labute approximate surface area is 120 Å². The van der Waals surface area contributed by atoms with Gasteiger partial charge in [0, 0.05) is 12.3 Å². The van der Waals surface area contributed by atoms with Crippen LogP contribution < -0.4 is 11.4 Å². The molecule has 0 spiro atoms. The van der Waals surface area contributed by atoms with Crippen molar-refractivity contribution < 1.29 is 9.90 Å². The third-order valence-electron chi connectivity index (χ3n) is 2.97. The van der Waals surface area contributed by atoms with E-state index >= 15 is 0 Å². The van der Waals surface area contributed by atoms with E-state index in [0.717, 1.165) is 23.2 Å². The number of H-pyrrole nitrogens is 1. The number of carboxylic acids is 1. The summed E-state index contributed by atoms with van der Waals surface area (Å²) in [6.45, 7) is 0.609. The van der Waals surface area contributed by atoms with Gasteiger partial charge in [-0.2, -0.15) is 11.8 Å². The molecule has 4 N–H and O–H groups in total. The van der Waals surface area contributed by atoms with E-state index in [2.05, 4.69) is 4.98 Å². The molecule has 0 aliphatic carbocycles. The number of aromatic amines is 1. The molecule has 0 unspecified atom stereocenters. The lowest BCUT2D eigenvalue weighted by atomic mass is 10.3. The molecule has 0 fully saturated rings. The lowest BCUT2D eigenvalue weighted by Gasteiger charge is -2.06. The molecule has 2 aromatic rings. The lowest BCUT2D eigenvalue weighted by Crippen LogP contribution is -2.32. The van der Waals surface area contributed by atoms with Gasteiger partial charge in [-0.05, 0) is 24.3 Å². The maximum Gasteiger partial charge on any atom is 0.326 e. The van der Waals surface area contributed by atoms with Crippen LogP contribution in [0, 0.1) is 0 Å². The molecule has 0 amide bonds. The van der Waals surface area contributed by atoms with Gasteiger partial charge in [0.15, 0.2) is 0 Å². The van der Waals surface area contributed by atoms with Crippen molar-refractivity contribution in [3.05, 3.63) is 34.7 Å². The zero-order chi connectivity index (χ0) is 14.5. The van der Waals surface area contributed by atoms with E-state index in [1.165, 1.54) is 11.8 Å². The standard InChI is InChI=1S/C13H17N3O3S/c14-9(12(17)18)8-20-7-3-6-16-11-5-2-1-4-10(11)15-13(16)19/h1-2,4-5,9H,3,6-8,14H2,(H,15,19)(H,17,18)/t9-/m1/s1. The number of nitrogens with one attached hydrogen (secondary N) is 1. The molecular formula is C13H17N3O3S. The molecule has 1 aromatic carbocycles. The second kappa shape index (κ2) is 6.62. The molecule has 0 aliphatic heterocycles. The van der Waals surface area contributed by atoms with Gasteiger partial charge in [-0.25, -0.2) is 4.79 Å². The first-order chi connectivity index (χ1) is 9.59. The van der Waals surface area contributed by atoms with Gasteiger partial charge >= 0.3 is 11.7 Å². The molecule has 0 saturated carbocycles. The summed E-state index contributed by atoms with van der Waals surface area (Å²) in [5.74, 6) is 0.177. The summed E-state index contributed by atoms with van der Waals surface area (Å²) in [7, 11) is 0. The minimum absolute atomic E-state index is 0.113. The summed E-state index contributed by atoms with van der Waals surface area (Å²) in [6.07, 6.45) is 0.790. The molecule has 2 rings (SSSR count). The van der Waals surface area contributed by atoms with Gasteiger partial charge in [0.2, 0.25) is 0 Å². The molecule has 7 heteroatoms. The smallest absolute Gasteiger partial charge is 0.326 e. The van der Waals surface area contributed by atoms with Crippen LogP contribution in [0.15, 0.2) is 29.1 Å². The Balaban J connectivity index is 1.86. The fourth-order valence-electron chi connectivity index (χ4n) is 1.94. The quantitative estimate of drug-likeness (QED) is 0.658. The highest BCUT2D eigenvalue weighted by atomic mass is 32.2. The van der Waals surface area contributed by atoms with Crippen molar-refractivity contribution in [2.75, 3.05) is 11.5 Å². The van der Waals surface area contributed by atoms with E-state index in [1.807, 2.05) is 24.3 Å². The lowest BCUT2D eigenvalue weighted by molar-refractivity contribution is -0.137. The number of carbonyl (C=O) groups is 1. The van der Waals surface area contributed by atoms with E-state index in [0.29, 0.717) is 12.3 Å². The van der Waals surface area contributed by atoms with Crippen LogP contribution in [0.2, 0.25) is 0 Å². The molecule has 20 heavy (non-hydrogen) atoms. The Morgan fingerprint density at radius 2 is 2.20 bits per heavy atom. The molecule has 1 atom stereocenters. The number of carboxylic acid groups (broad SMARTS) is 1. The monoisotopic (exact) mass is 295 g/mol. The molecule has 1 heterocycles. The van der Waals surface area contributed by atoms with Crippen LogP contribution in [0.4, 0.5) is 0 Å². The van der Waals surface area contributed by atoms with Crippen molar-refractivity contribution in [3.8, 4) is 0 Å². The van der Waals surface area contributed by atoms with Crippen molar-refractivity contribution in [1.82, 2.24) is 9.55 Å². The van der Waals surface area contributed by atoms with Gasteiger partial charge in [0.1, 0.15) is 6.04 Å². The molecule has 0 bridgehead atoms. The molecule has 0 aliphatic rings. The predicted molar refractivity (Wildman–Crippen MR) is 80.1 cm³/mol. The first-order valence-electron chi connectivity index (χ1n) is 6.33. The number of para-hydroxylation sites is 2. The molecule has 0 radical (unpaired) electrons. The van der Waals surface area contributed by atoms with E-state index in [1.54, 1.807) is 4.57 Å². The summed E-state index contributed by atoms with van der Waals surface area (Å²) >= 11 is 1.49. The van der Waals surface area contributed by atoms with Crippen molar-refractivity contribution in [3.63, 3.8) is 0 Å². The van der Waals surface area contributed by atoms with Gasteiger partial charge in [-0.15, -0.1) is 0 Å². The molecule has 0 saturated heterocycles. The number of rotatable bonds is 7. The fraction of sp³-hybridized carbons (Fsp3) is 0.385. The number of hydrogen-bond acceptors (Lipinski definition) is 4. The highest BCUT2D eigenvalue weighted by Gasteiger charge is 2.10. The Hall–Kier alpha value is -1.73. The molecular weight excluding hydrogens is 278 g/mol. The van der Waals surface area contributed by atoms with Crippen LogP contribution >= 0.6 is 11.8 Å². The van der Waals surface area contributed by atoms with Gasteiger partial charge in [0.05, 0.1) is 11.0 Å². The van der Waals surface area contributed by atoms with Crippen molar-refractivity contribution in [1.29, 1.82) is 0 Å². The Morgan fingerprint density at radius 3 is 2.95 bits per heavy atom. The topological polar surface area (TPSA) is 101 Å². The van der Waals surface area contributed by atoms with Crippen molar-refractivity contribution >= 4 is 28.8 Å². The maximum absolute atomic E-state index is 11.8. The highest BCUT2D eigenvalue weighted by Crippen LogP contribution is 2.11. The second-order valence-electron chi connectivity index (χ2n) is 4.47. The summed E-state index contributed by atoms with van der Waals surface area (Å²) in [6, 6.07) is 6.73. The van der Waals surface area contributed by atoms with Crippen molar-refractivity contribution in [2.45, 2.75) is 19.0 Å². The SMILES string of the molecule is N[C@H](CSCCCn1c(=O)[nH]c2ccccc21)C(=O)O. The van der Waals surface area contributed by atoms with Gasteiger partial charge in [-0.3, -0.25) is 9.36 Å². The zero-order valence-corrected chi connectivity index (χ0v) is 11.7. The maximum atomic E-state index is 11.8. The first-order valence-corrected chi connectivity index (χ1v) is 7.48. The van der Waals surface area contributed by atoms with Crippen molar-refractivity contribution in [2.24, 2.45) is 5.73 Å². The van der Waals surface area contributed by atoms with Gasteiger partial charge in [-0.1, -0.05) is 12.1 Å². The molecule has 6 nitrogen and oxygen atoms in total. The number of aryl methyl sites for hydroxylation is 1. The third-order valence-corrected chi connectivity index (χ3v) is 4.14. The Bertz CT molecular complexity index is 650. The average molecular weight is 295 g/mol. The number of fused-ring (bicyclic) bond motifs is 1. The number of hydrogen-bond donors (Lipinski definition) is 3. The highest BCUT2D eigenvalue weighted by molar-refractivity contribution is 7.99. The van der Waals surface area contributed by atoms with Crippen LogP contribution in [-0.4, -0.2) is 38.2 Å². The normalized spacial score (nSPS) is 12.7. The van der Waals surface area contributed by atoms with Crippen LogP contribution in [0.25, 0.3) is 11.0 Å². The van der Waals surface area contributed by atoms with E-state index in [-0.39, 0.29) is 5.69 Å². The number of aromatic nitrogens is 2. The molecule has 1 aromatic heterocycles. The van der Waals surface area contributed by atoms with E-state index in [9.17, 15) is 9.59 Å². The van der Waals surface area contributed by atoms with E-state index in [4.69, 9.17) is 10.8 Å². The van der Waals surface area contributed by atoms with Crippen LogP contribution in [0.5, 0.6) is 0 Å². The van der Waals surface area contributed by atoms with Crippen LogP contribution in [-0.2, 0) is 11.3 Å². The number of benzene rings is 1. The summed E-state index contributed by atoms with van der Waals surface area (Å²) in [5, 5.41) is 8.66. The largest absolute Gasteiger partial charge is 0.480 e. The van der Waals surface area contributed by atoms with Gasteiger partial charge < -0.3 is 15.8 Å². The number of nitrogens with two attached hydrogens (primary N) is 1. The van der Waals surface area contributed by atoms with E-state index < -0.39 is 12.0 Å². The Kier molecular flexibility index (Phi) is 4.86.